The minimum atomic E-state index is -0.505. The number of carbonyl (C=O) groups is 2. The number of nitrogens with two attached hydrogens (primary N) is 1. The summed E-state index contributed by atoms with van der Waals surface area (Å²) >= 11 is 0. The van der Waals surface area contributed by atoms with Crippen LogP contribution in [0, 0.1) is 11.8 Å². The van der Waals surface area contributed by atoms with Crippen molar-refractivity contribution in [3.05, 3.63) is 30.0 Å². The Labute approximate surface area is 166 Å². The van der Waals surface area contributed by atoms with Gasteiger partial charge in [0, 0.05) is 30.4 Å². The summed E-state index contributed by atoms with van der Waals surface area (Å²) in [4.78, 5) is 23.6. The van der Waals surface area contributed by atoms with Crippen LogP contribution in [0.1, 0.15) is 51.0 Å². The van der Waals surface area contributed by atoms with E-state index in [0.717, 1.165) is 30.3 Å². The third kappa shape index (κ3) is 3.90. The number of carbonyl (C=O) groups excluding carboxylic acids is 2. The van der Waals surface area contributed by atoms with Gasteiger partial charge in [-0.25, -0.2) is 0 Å². The summed E-state index contributed by atoms with van der Waals surface area (Å²) in [5.74, 6) is -0.0518. The number of aromatic nitrogens is 2. The fourth-order valence-corrected chi connectivity index (χ4v) is 4.01. The normalized spacial score (nSPS) is 20.0. The zero-order chi connectivity index (χ0) is 20.5. The molecule has 0 radical (unpaired) electrons. The summed E-state index contributed by atoms with van der Waals surface area (Å²) in [6.07, 6.45) is 1.89. The minimum absolute atomic E-state index is 0.00997. The first-order valence-corrected chi connectivity index (χ1v) is 10.0. The second-order valence-corrected chi connectivity index (χ2v) is 8.57. The maximum absolute atomic E-state index is 11.8. The molecular formula is C21H31N5O2. The molecule has 152 valence electrons. The zero-order valence-electron chi connectivity index (χ0n) is 17.2. The van der Waals surface area contributed by atoms with Crippen molar-refractivity contribution in [1.82, 2.24) is 20.4 Å². The highest BCUT2D eigenvalue weighted by Crippen LogP contribution is 2.35. The molecule has 1 aromatic heterocycles. The van der Waals surface area contributed by atoms with E-state index in [1.165, 1.54) is 0 Å². The predicted molar refractivity (Wildman–Crippen MR) is 110 cm³/mol. The molecule has 1 fully saturated rings. The molecule has 0 spiro atoms. The standard InChI is InChI=1S/C21H31N5O2/c1-13(2)20(28)23-10-9-15-11-14(12-24-15)21(3,4)26-17-8-6-5-7-16(17)18(25-26)19(22)27/h5-8,13-15,24H,9-12H2,1-4H3,(H2,22,27)(H,23,28)/t14-,15-/m0/s1. The van der Waals surface area contributed by atoms with E-state index in [9.17, 15) is 9.59 Å². The van der Waals surface area contributed by atoms with Gasteiger partial charge in [-0.15, -0.1) is 0 Å². The van der Waals surface area contributed by atoms with Gasteiger partial charge in [-0.3, -0.25) is 14.3 Å². The van der Waals surface area contributed by atoms with Crippen molar-refractivity contribution in [2.45, 2.75) is 52.1 Å². The van der Waals surface area contributed by atoms with Gasteiger partial charge in [-0.1, -0.05) is 32.0 Å². The second-order valence-electron chi connectivity index (χ2n) is 8.57. The van der Waals surface area contributed by atoms with E-state index < -0.39 is 5.91 Å². The van der Waals surface area contributed by atoms with Crippen LogP contribution >= 0.6 is 0 Å². The number of primary amides is 1. The molecule has 3 rings (SSSR count). The molecule has 1 saturated heterocycles. The van der Waals surface area contributed by atoms with Crippen LogP contribution in [0.25, 0.3) is 10.9 Å². The number of amides is 2. The quantitative estimate of drug-likeness (QED) is 0.678. The van der Waals surface area contributed by atoms with Crippen LogP contribution < -0.4 is 16.4 Å². The van der Waals surface area contributed by atoms with Crippen molar-refractivity contribution >= 4 is 22.7 Å². The zero-order valence-corrected chi connectivity index (χ0v) is 17.2. The molecule has 1 aliphatic heterocycles. The highest BCUT2D eigenvalue weighted by molar-refractivity contribution is 6.04. The monoisotopic (exact) mass is 385 g/mol. The first-order valence-electron chi connectivity index (χ1n) is 10.0. The van der Waals surface area contributed by atoms with Crippen molar-refractivity contribution in [3.63, 3.8) is 0 Å². The fraction of sp³-hybridized carbons (Fsp3) is 0.571. The SMILES string of the molecule is CC(C)C(=O)NCC[C@H]1C[C@H](C(C)(C)n2nc(C(N)=O)c3ccccc32)CN1. The van der Waals surface area contributed by atoms with Crippen molar-refractivity contribution < 1.29 is 9.59 Å². The van der Waals surface area contributed by atoms with Crippen LogP contribution in [-0.4, -0.2) is 40.7 Å². The van der Waals surface area contributed by atoms with Crippen molar-refractivity contribution in [3.8, 4) is 0 Å². The molecule has 2 atom stereocenters. The van der Waals surface area contributed by atoms with Crippen LogP contribution in [0.2, 0.25) is 0 Å². The van der Waals surface area contributed by atoms with Gasteiger partial charge >= 0.3 is 0 Å². The predicted octanol–water partition coefficient (Wildman–Crippen LogP) is 2.01. The molecule has 0 aliphatic carbocycles. The summed E-state index contributed by atoms with van der Waals surface area (Å²) < 4.78 is 1.96. The summed E-state index contributed by atoms with van der Waals surface area (Å²) in [7, 11) is 0. The van der Waals surface area contributed by atoms with Crippen molar-refractivity contribution in [1.29, 1.82) is 0 Å². The van der Waals surface area contributed by atoms with Gasteiger partial charge in [0.2, 0.25) is 5.91 Å². The number of hydrogen-bond donors (Lipinski definition) is 3. The van der Waals surface area contributed by atoms with Crippen LogP contribution in [-0.2, 0) is 10.3 Å². The number of nitrogens with one attached hydrogen (secondary N) is 2. The first kappa shape index (κ1) is 20.3. The lowest BCUT2D eigenvalue weighted by Gasteiger charge is -2.32. The molecule has 7 heteroatoms. The van der Waals surface area contributed by atoms with Gasteiger partial charge in [0.15, 0.2) is 5.69 Å². The van der Waals surface area contributed by atoms with E-state index >= 15 is 0 Å². The summed E-state index contributed by atoms with van der Waals surface area (Å²) in [6.45, 7) is 9.67. The lowest BCUT2D eigenvalue weighted by atomic mass is 9.85. The Morgan fingerprint density at radius 3 is 2.75 bits per heavy atom. The highest BCUT2D eigenvalue weighted by Gasteiger charge is 2.39. The van der Waals surface area contributed by atoms with Gasteiger partial charge in [0.25, 0.3) is 5.91 Å². The van der Waals surface area contributed by atoms with Crippen LogP contribution in [0.5, 0.6) is 0 Å². The Hall–Kier alpha value is -2.41. The van der Waals surface area contributed by atoms with E-state index in [-0.39, 0.29) is 17.4 Å². The maximum Gasteiger partial charge on any atom is 0.269 e. The summed E-state index contributed by atoms with van der Waals surface area (Å²) in [6, 6.07) is 8.08. The smallest absolute Gasteiger partial charge is 0.269 e. The van der Waals surface area contributed by atoms with Gasteiger partial charge in [0.05, 0.1) is 11.1 Å². The molecule has 7 nitrogen and oxygen atoms in total. The molecule has 28 heavy (non-hydrogen) atoms. The van der Waals surface area contributed by atoms with E-state index in [2.05, 4.69) is 29.6 Å². The highest BCUT2D eigenvalue weighted by atomic mass is 16.2. The molecule has 1 aliphatic rings. The molecule has 0 saturated carbocycles. The van der Waals surface area contributed by atoms with E-state index in [1.54, 1.807) is 0 Å². The third-order valence-electron chi connectivity index (χ3n) is 5.90. The van der Waals surface area contributed by atoms with E-state index in [4.69, 9.17) is 5.73 Å². The Kier molecular flexibility index (Phi) is 5.74. The number of para-hydroxylation sites is 1. The average Bonchev–Trinajstić information content (AvgIpc) is 3.27. The maximum atomic E-state index is 11.8. The molecule has 2 aromatic rings. The lowest BCUT2D eigenvalue weighted by molar-refractivity contribution is -0.123. The molecule has 2 heterocycles. The molecule has 0 unspecified atom stereocenters. The van der Waals surface area contributed by atoms with Crippen LogP contribution in [0.15, 0.2) is 24.3 Å². The van der Waals surface area contributed by atoms with Crippen LogP contribution in [0.3, 0.4) is 0 Å². The second kappa shape index (κ2) is 7.91. The van der Waals surface area contributed by atoms with E-state index in [0.29, 0.717) is 24.2 Å². The lowest BCUT2D eigenvalue weighted by Crippen LogP contribution is -2.37. The fourth-order valence-electron chi connectivity index (χ4n) is 4.01. The number of benzene rings is 1. The van der Waals surface area contributed by atoms with Gasteiger partial charge < -0.3 is 16.4 Å². The number of hydrogen-bond acceptors (Lipinski definition) is 4. The number of fused-ring (bicyclic) bond motifs is 1. The Morgan fingerprint density at radius 1 is 1.36 bits per heavy atom. The average molecular weight is 386 g/mol. The minimum Gasteiger partial charge on any atom is -0.364 e. The molecule has 1 aromatic carbocycles. The molecule has 0 bridgehead atoms. The van der Waals surface area contributed by atoms with Crippen molar-refractivity contribution in [2.75, 3.05) is 13.1 Å². The largest absolute Gasteiger partial charge is 0.364 e. The first-order chi connectivity index (χ1) is 13.2. The van der Waals surface area contributed by atoms with Gasteiger partial charge in [-0.2, -0.15) is 5.10 Å². The van der Waals surface area contributed by atoms with Gasteiger partial charge in [-0.05, 0) is 38.7 Å². The Balaban J connectivity index is 1.73. The molecule has 4 N–H and O–H groups in total. The molecular weight excluding hydrogens is 354 g/mol. The van der Waals surface area contributed by atoms with Crippen molar-refractivity contribution in [2.24, 2.45) is 17.6 Å². The number of nitrogens with zero attached hydrogens (tertiary/aromatic N) is 2. The molecule has 2 amide bonds. The van der Waals surface area contributed by atoms with Gasteiger partial charge in [0.1, 0.15) is 0 Å². The van der Waals surface area contributed by atoms with E-state index in [1.807, 2.05) is 42.8 Å². The Bertz CT molecular complexity index is 871. The topological polar surface area (TPSA) is 102 Å². The summed E-state index contributed by atoms with van der Waals surface area (Å²) in [5, 5.41) is 12.0. The summed E-state index contributed by atoms with van der Waals surface area (Å²) in [5.41, 5.74) is 6.52. The Morgan fingerprint density at radius 2 is 2.07 bits per heavy atom. The van der Waals surface area contributed by atoms with Crippen LogP contribution in [0.4, 0.5) is 0 Å². The third-order valence-corrected chi connectivity index (χ3v) is 5.90. The number of rotatable bonds is 7.